The lowest BCUT2D eigenvalue weighted by atomic mass is 9.91. The number of nitrogens with two attached hydrogens (primary N) is 2. The average Bonchev–Trinajstić information content (AvgIpc) is 2.91. The van der Waals surface area contributed by atoms with Crippen LogP contribution in [0.1, 0.15) is 140 Å². The summed E-state index contributed by atoms with van der Waals surface area (Å²) in [5.74, 6) is -0.476. The van der Waals surface area contributed by atoms with E-state index in [1.807, 2.05) is 13.0 Å². The summed E-state index contributed by atoms with van der Waals surface area (Å²) in [6.07, 6.45) is 20.8. The predicted molar refractivity (Wildman–Crippen MR) is 157 cm³/mol. The molecule has 38 heavy (non-hydrogen) atoms. The van der Waals surface area contributed by atoms with Crippen molar-refractivity contribution in [1.29, 1.82) is 0 Å². The van der Waals surface area contributed by atoms with E-state index in [-0.39, 0.29) is 24.1 Å². The number of hydrogen-bond acceptors (Lipinski definition) is 5. The molecule has 0 radical (unpaired) electrons. The van der Waals surface area contributed by atoms with Gasteiger partial charge in [-0.3, -0.25) is 0 Å². The van der Waals surface area contributed by atoms with Crippen molar-refractivity contribution >= 4 is 12.1 Å². The van der Waals surface area contributed by atoms with Gasteiger partial charge in [-0.25, -0.2) is 9.59 Å². The van der Waals surface area contributed by atoms with Gasteiger partial charge in [0.25, 0.3) is 0 Å². The highest BCUT2D eigenvalue weighted by atomic mass is 16.6. The molecule has 1 rings (SSSR count). The molecular weight excluding hydrogens is 476 g/mol. The zero-order chi connectivity index (χ0) is 27.8. The fraction of sp³-hybridized carbons (Fsp3) is 0.750. The van der Waals surface area contributed by atoms with Crippen LogP contribution in [0.25, 0.3) is 0 Å². The van der Waals surface area contributed by atoms with Gasteiger partial charge in [0, 0.05) is 5.92 Å². The van der Waals surface area contributed by atoms with Crippen LogP contribution in [0.2, 0.25) is 0 Å². The zero-order valence-electron chi connectivity index (χ0n) is 24.3. The first-order valence-electron chi connectivity index (χ1n) is 15.4. The van der Waals surface area contributed by atoms with Gasteiger partial charge in [-0.1, -0.05) is 121 Å². The van der Waals surface area contributed by atoms with E-state index < -0.39 is 6.09 Å². The van der Waals surface area contributed by atoms with Gasteiger partial charge < -0.3 is 20.9 Å². The molecule has 0 saturated carbocycles. The topological polar surface area (TPSA) is 105 Å². The number of ether oxygens (including phenoxy) is 2. The number of unbranched alkanes of at least 4 members (excludes halogenated alkanes) is 15. The Morgan fingerprint density at radius 1 is 0.737 bits per heavy atom. The Labute approximate surface area is 232 Å². The number of benzene rings is 1. The lowest BCUT2D eigenvalue weighted by molar-refractivity contribution is 0.0129. The van der Waals surface area contributed by atoms with E-state index in [9.17, 15) is 9.59 Å². The highest BCUT2D eigenvalue weighted by Gasteiger charge is 2.26. The van der Waals surface area contributed by atoms with Gasteiger partial charge in [0.15, 0.2) is 0 Å². The summed E-state index contributed by atoms with van der Waals surface area (Å²) < 4.78 is 11.0. The number of rotatable bonds is 24. The number of hydrogen-bond donors (Lipinski definition) is 2. The SMILES string of the molecule is CCCCCCCCCCCCCCCCCCC(OC(N)=O)C(CN)CC(C)OC(=O)c1ccccc1. The van der Waals surface area contributed by atoms with Crippen LogP contribution in [0.15, 0.2) is 30.3 Å². The van der Waals surface area contributed by atoms with Crippen molar-refractivity contribution in [3.63, 3.8) is 0 Å². The summed E-state index contributed by atoms with van der Waals surface area (Å²) in [6.45, 7) is 4.46. The van der Waals surface area contributed by atoms with Crippen LogP contribution in [0.4, 0.5) is 4.79 Å². The fourth-order valence-electron chi connectivity index (χ4n) is 5.13. The fourth-order valence-corrected chi connectivity index (χ4v) is 5.13. The van der Waals surface area contributed by atoms with Crippen molar-refractivity contribution in [2.75, 3.05) is 6.54 Å². The Balaban J connectivity index is 2.18. The quantitative estimate of drug-likeness (QED) is 0.103. The van der Waals surface area contributed by atoms with E-state index in [0.717, 1.165) is 19.3 Å². The van der Waals surface area contributed by atoms with E-state index in [1.165, 1.54) is 89.9 Å². The molecule has 0 aliphatic carbocycles. The molecule has 0 fully saturated rings. The molecular formula is C32H56N2O4. The van der Waals surface area contributed by atoms with Gasteiger partial charge in [0.1, 0.15) is 6.10 Å². The first-order chi connectivity index (χ1) is 18.5. The Hall–Kier alpha value is -2.08. The summed E-state index contributed by atoms with van der Waals surface area (Å²) in [7, 11) is 0. The van der Waals surface area contributed by atoms with E-state index in [0.29, 0.717) is 18.5 Å². The minimum absolute atomic E-state index is 0.114. The maximum Gasteiger partial charge on any atom is 0.404 e. The van der Waals surface area contributed by atoms with E-state index in [2.05, 4.69) is 6.92 Å². The highest BCUT2D eigenvalue weighted by molar-refractivity contribution is 5.89. The Morgan fingerprint density at radius 2 is 1.21 bits per heavy atom. The van der Waals surface area contributed by atoms with Crippen LogP contribution < -0.4 is 11.5 Å². The van der Waals surface area contributed by atoms with Gasteiger partial charge in [0.05, 0.1) is 11.7 Å². The summed E-state index contributed by atoms with van der Waals surface area (Å²) in [5.41, 5.74) is 11.9. The molecule has 1 aromatic carbocycles. The lowest BCUT2D eigenvalue weighted by Crippen LogP contribution is -2.36. The molecule has 0 saturated heterocycles. The smallest absolute Gasteiger partial charge is 0.404 e. The third-order valence-corrected chi connectivity index (χ3v) is 7.39. The second-order valence-corrected chi connectivity index (χ2v) is 10.9. The van der Waals surface area contributed by atoms with Crippen molar-refractivity contribution < 1.29 is 19.1 Å². The molecule has 1 aromatic rings. The summed E-state index contributed by atoms with van der Waals surface area (Å²) in [4.78, 5) is 23.9. The second-order valence-electron chi connectivity index (χ2n) is 10.9. The monoisotopic (exact) mass is 532 g/mol. The van der Waals surface area contributed by atoms with Crippen LogP contribution in [-0.2, 0) is 9.47 Å². The van der Waals surface area contributed by atoms with E-state index in [1.54, 1.807) is 24.3 Å². The number of primary amides is 1. The number of amides is 1. The second kappa shape index (κ2) is 22.9. The number of carbonyl (C=O) groups excluding carboxylic acids is 2. The maximum absolute atomic E-state index is 12.4. The average molecular weight is 533 g/mol. The molecule has 4 N–H and O–H groups in total. The maximum atomic E-state index is 12.4. The molecule has 3 unspecified atom stereocenters. The van der Waals surface area contributed by atoms with Crippen LogP contribution in [0.5, 0.6) is 0 Å². The molecule has 0 spiro atoms. The Kier molecular flexibility index (Phi) is 20.4. The van der Waals surface area contributed by atoms with Gasteiger partial charge in [0.2, 0.25) is 0 Å². The molecule has 0 aliphatic heterocycles. The van der Waals surface area contributed by atoms with Gasteiger partial charge >= 0.3 is 12.1 Å². The molecule has 3 atom stereocenters. The normalized spacial score (nSPS) is 13.6. The summed E-state index contributed by atoms with van der Waals surface area (Å²) in [6, 6.07) is 8.92. The molecule has 0 heterocycles. The molecule has 6 heteroatoms. The highest BCUT2D eigenvalue weighted by Crippen LogP contribution is 2.22. The van der Waals surface area contributed by atoms with Gasteiger partial charge in [-0.2, -0.15) is 0 Å². The predicted octanol–water partition coefficient (Wildman–Crippen LogP) is 8.31. The molecule has 0 aliphatic rings. The molecule has 0 bridgehead atoms. The van der Waals surface area contributed by atoms with Gasteiger partial charge in [-0.15, -0.1) is 0 Å². The Morgan fingerprint density at radius 3 is 1.66 bits per heavy atom. The minimum atomic E-state index is -0.779. The van der Waals surface area contributed by atoms with Crippen LogP contribution in [-0.4, -0.2) is 30.8 Å². The van der Waals surface area contributed by atoms with Crippen molar-refractivity contribution in [2.24, 2.45) is 17.4 Å². The summed E-state index contributed by atoms with van der Waals surface area (Å²) in [5, 5.41) is 0. The molecule has 0 aromatic heterocycles. The van der Waals surface area contributed by atoms with Crippen molar-refractivity contribution in [3.05, 3.63) is 35.9 Å². The first-order valence-corrected chi connectivity index (χ1v) is 15.4. The van der Waals surface area contributed by atoms with Crippen molar-refractivity contribution in [1.82, 2.24) is 0 Å². The number of carbonyl (C=O) groups is 2. The lowest BCUT2D eigenvalue weighted by Gasteiger charge is -2.27. The van der Waals surface area contributed by atoms with E-state index in [4.69, 9.17) is 20.9 Å². The third-order valence-electron chi connectivity index (χ3n) is 7.39. The zero-order valence-corrected chi connectivity index (χ0v) is 24.3. The van der Waals surface area contributed by atoms with E-state index >= 15 is 0 Å². The standard InChI is InChI=1S/C32H56N2O4/c1-3-4-5-6-7-8-9-10-11-12-13-14-15-16-17-21-24-30(38-32(34)36)29(26-33)25-27(2)37-31(35)28-22-19-18-20-23-28/h18-20,22-23,27,29-30H,3-17,21,24-26,33H2,1-2H3,(H2,34,36). The molecule has 6 nitrogen and oxygen atoms in total. The number of esters is 1. The third kappa shape index (κ3) is 17.4. The van der Waals surface area contributed by atoms with Crippen molar-refractivity contribution in [3.8, 4) is 0 Å². The molecule has 218 valence electrons. The van der Waals surface area contributed by atoms with Crippen molar-refractivity contribution in [2.45, 2.75) is 142 Å². The minimum Gasteiger partial charge on any atom is -0.459 e. The van der Waals surface area contributed by atoms with Gasteiger partial charge in [-0.05, 0) is 44.9 Å². The Bertz CT molecular complexity index is 713. The van der Waals surface area contributed by atoms with Crippen LogP contribution in [0, 0.1) is 5.92 Å². The van der Waals surface area contributed by atoms with Crippen LogP contribution >= 0.6 is 0 Å². The first kappa shape index (κ1) is 33.9. The largest absolute Gasteiger partial charge is 0.459 e. The molecule has 1 amide bonds. The summed E-state index contributed by atoms with van der Waals surface area (Å²) >= 11 is 0. The van der Waals surface area contributed by atoms with Crippen LogP contribution in [0.3, 0.4) is 0 Å².